The van der Waals surface area contributed by atoms with E-state index in [-0.39, 0.29) is 16.8 Å². The molecule has 92 valence electrons. The summed E-state index contributed by atoms with van der Waals surface area (Å²) in [5, 5.41) is 2.01. The van der Waals surface area contributed by atoms with Crippen molar-refractivity contribution in [3.63, 3.8) is 0 Å². The van der Waals surface area contributed by atoms with Crippen LogP contribution in [0.25, 0.3) is 0 Å². The van der Waals surface area contributed by atoms with Crippen LogP contribution in [0.2, 0.25) is 0 Å². The maximum absolute atomic E-state index is 12.7. The number of hydrogen-bond donors (Lipinski definition) is 2. The minimum atomic E-state index is -0.856. The second kappa shape index (κ2) is 6.24. The summed E-state index contributed by atoms with van der Waals surface area (Å²) in [5.41, 5.74) is 5.73. The maximum atomic E-state index is 12.7. The first-order valence-corrected chi connectivity index (χ1v) is 6.00. The predicted octanol–water partition coefficient (Wildman–Crippen LogP) is 1.81. The van der Waals surface area contributed by atoms with E-state index in [4.69, 9.17) is 5.73 Å². The predicted molar refractivity (Wildman–Crippen MR) is 65.0 cm³/mol. The number of carbonyl (C=O) groups is 2. The minimum Gasteiger partial charge on any atom is -0.351 e. The molecule has 3 N–H and O–H groups in total. The summed E-state index contributed by atoms with van der Waals surface area (Å²) in [7, 11) is 0. The lowest BCUT2D eigenvalue weighted by molar-refractivity contribution is -0.117. The molecule has 0 aliphatic heterocycles. The Labute approximate surface area is 103 Å². The molecule has 1 atom stereocenters. The van der Waals surface area contributed by atoms with Gasteiger partial charge in [-0.05, 0) is 24.6 Å². The molecule has 0 radical (unpaired) electrons. The molecule has 0 saturated heterocycles. The van der Waals surface area contributed by atoms with Crippen LogP contribution in [0.4, 0.5) is 9.18 Å². The molecule has 0 heterocycles. The van der Waals surface area contributed by atoms with Crippen molar-refractivity contribution in [3.8, 4) is 0 Å². The zero-order valence-electron chi connectivity index (χ0n) is 9.27. The molecule has 17 heavy (non-hydrogen) atoms. The molecule has 0 aliphatic carbocycles. The molecule has 0 fully saturated rings. The third kappa shape index (κ3) is 4.86. The number of nitrogens with two attached hydrogens (primary N) is 1. The van der Waals surface area contributed by atoms with Crippen molar-refractivity contribution in [2.24, 2.45) is 5.73 Å². The number of benzene rings is 1. The van der Waals surface area contributed by atoms with Crippen LogP contribution in [-0.2, 0) is 4.79 Å². The van der Waals surface area contributed by atoms with Crippen LogP contribution in [0.5, 0.6) is 0 Å². The first-order chi connectivity index (χ1) is 7.99. The van der Waals surface area contributed by atoms with Crippen LogP contribution in [-0.4, -0.2) is 17.7 Å². The highest BCUT2D eigenvalue weighted by Gasteiger charge is 2.10. The molecule has 1 rings (SSSR count). The van der Waals surface area contributed by atoms with E-state index in [1.807, 2.05) is 12.2 Å². The van der Waals surface area contributed by atoms with E-state index in [0.29, 0.717) is 0 Å². The van der Waals surface area contributed by atoms with Crippen LogP contribution in [0.15, 0.2) is 24.3 Å². The number of halogens is 1. The van der Waals surface area contributed by atoms with E-state index in [9.17, 15) is 14.0 Å². The van der Waals surface area contributed by atoms with Crippen molar-refractivity contribution in [1.29, 1.82) is 0 Å². The lowest BCUT2D eigenvalue weighted by Crippen LogP contribution is -2.36. The van der Waals surface area contributed by atoms with Crippen molar-refractivity contribution in [2.75, 3.05) is 5.75 Å². The molecule has 1 aromatic rings. The molecule has 0 unspecified atom stereocenters. The number of amides is 3. The lowest BCUT2D eigenvalue weighted by atomic mass is 10.2. The Morgan fingerprint density at radius 1 is 1.41 bits per heavy atom. The maximum Gasteiger partial charge on any atom is 0.318 e. The number of imide groups is 1. The van der Waals surface area contributed by atoms with Crippen molar-refractivity contribution >= 4 is 23.7 Å². The zero-order valence-corrected chi connectivity index (χ0v) is 10.1. The second-order valence-corrected chi connectivity index (χ2v) is 4.75. The summed E-state index contributed by atoms with van der Waals surface area (Å²) in [5.74, 6) is -0.601. The van der Waals surface area contributed by atoms with E-state index in [1.54, 1.807) is 12.1 Å². The van der Waals surface area contributed by atoms with Crippen molar-refractivity contribution in [1.82, 2.24) is 5.32 Å². The Bertz CT molecular complexity index is 408. The van der Waals surface area contributed by atoms with Gasteiger partial charge in [-0.1, -0.05) is 12.1 Å². The lowest BCUT2D eigenvalue weighted by Gasteiger charge is -2.10. The van der Waals surface area contributed by atoms with Crippen LogP contribution < -0.4 is 11.1 Å². The summed E-state index contributed by atoms with van der Waals surface area (Å²) in [4.78, 5) is 21.6. The molecule has 4 nitrogen and oxygen atoms in total. The van der Waals surface area contributed by atoms with Crippen molar-refractivity contribution in [2.45, 2.75) is 12.2 Å². The van der Waals surface area contributed by atoms with Gasteiger partial charge in [0, 0.05) is 5.25 Å². The number of hydrogen-bond acceptors (Lipinski definition) is 3. The molecule has 0 saturated carbocycles. The number of urea groups is 1. The van der Waals surface area contributed by atoms with Crippen LogP contribution >= 0.6 is 11.8 Å². The van der Waals surface area contributed by atoms with Crippen LogP contribution in [0, 0.1) is 5.82 Å². The Kier molecular flexibility index (Phi) is 4.96. The fourth-order valence-electron chi connectivity index (χ4n) is 1.20. The van der Waals surface area contributed by atoms with Gasteiger partial charge in [0.2, 0.25) is 5.91 Å². The largest absolute Gasteiger partial charge is 0.351 e. The number of carbonyl (C=O) groups excluding carboxylic acids is 2. The van der Waals surface area contributed by atoms with Crippen LogP contribution in [0.1, 0.15) is 17.7 Å². The van der Waals surface area contributed by atoms with E-state index >= 15 is 0 Å². The fourth-order valence-corrected chi connectivity index (χ4v) is 2.03. The van der Waals surface area contributed by atoms with Gasteiger partial charge >= 0.3 is 6.03 Å². The van der Waals surface area contributed by atoms with Crippen molar-refractivity contribution < 1.29 is 14.0 Å². The van der Waals surface area contributed by atoms with E-state index in [1.165, 1.54) is 23.9 Å². The molecule has 3 amide bonds. The molecule has 0 spiro atoms. The quantitative estimate of drug-likeness (QED) is 0.863. The Balaban J connectivity index is 2.44. The first kappa shape index (κ1) is 13.5. The van der Waals surface area contributed by atoms with Gasteiger partial charge in [0.25, 0.3) is 0 Å². The number of primary amides is 1. The fraction of sp³-hybridized carbons (Fsp3) is 0.273. The molecule has 6 heteroatoms. The van der Waals surface area contributed by atoms with Gasteiger partial charge < -0.3 is 5.73 Å². The van der Waals surface area contributed by atoms with Gasteiger partial charge in [0.15, 0.2) is 0 Å². The van der Waals surface area contributed by atoms with Gasteiger partial charge in [0.05, 0.1) is 5.75 Å². The SMILES string of the molecule is C[C@@H](SCC(=O)NC(N)=O)c1ccc(F)cc1. The van der Waals surface area contributed by atoms with E-state index in [0.717, 1.165) is 5.56 Å². The molecular formula is C11H13FN2O2S. The molecule has 0 aliphatic rings. The standard InChI is InChI=1S/C11H13FN2O2S/c1-7(8-2-4-9(12)5-3-8)17-6-10(15)14-11(13)16/h2-5,7H,6H2,1H3,(H3,13,14,15,16)/t7-/m1/s1. The van der Waals surface area contributed by atoms with Gasteiger partial charge in [-0.25, -0.2) is 9.18 Å². The van der Waals surface area contributed by atoms with Gasteiger partial charge in [-0.15, -0.1) is 11.8 Å². The summed E-state index contributed by atoms with van der Waals surface area (Å²) in [6.45, 7) is 1.90. The highest BCUT2D eigenvalue weighted by molar-refractivity contribution is 8.00. The normalized spacial score (nSPS) is 11.9. The summed E-state index contributed by atoms with van der Waals surface area (Å²) in [6, 6.07) is 5.22. The molecule has 0 bridgehead atoms. The molecule has 1 aromatic carbocycles. The molecule has 0 aromatic heterocycles. The average Bonchev–Trinajstić information content (AvgIpc) is 2.26. The molecular weight excluding hydrogens is 243 g/mol. The topological polar surface area (TPSA) is 72.2 Å². The Morgan fingerprint density at radius 2 is 2.00 bits per heavy atom. The van der Waals surface area contributed by atoms with E-state index < -0.39 is 11.9 Å². The highest BCUT2D eigenvalue weighted by atomic mass is 32.2. The monoisotopic (exact) mass is 256 g/mol. The zero-order chi connectivity index (χ0) is 12.8. The van der Waals surface area contributed by atoms with E-state index in [2.05, 4.69) is 0 Å². The first-order valence-electron chi connectivity index (χ1n) is 4.95. The van der Waals surface area contributed by atoms with Gasteiger partial charge in [0.1, 0.15) is 5.82 Å². The van der Waals surface area contributed by atoms with Crippen molar-refractivity contribution in [3.05, 3.63) is 35.6 Å². The van der Waals surface area contributed by atoms with Crippen LogP contribution in [0.3, 0.4) is 0 Å². The number of rotatable bonds is 4. The minimum absolute atomic E-state index is 0.0363. The summed E-state index contributed by atoms with van der Waals surface area (Å²) >= 11 is 1.34. The van der Waals surface area contributed by atoms with Gasteiger partial charge in [-0.2, -0.15) is 0 Å². The van der Waals surface area contributed by atoms with Gasteiger partial charge in [-0.3, -0.25) is 10.1 Å². The highest BCUT2D eigenvalue weighted by Crippen LogP contribution is 2.27. The smallest absolute Gasteiger partial charge is 0.318 e. The summed E-state index contributed by atoms with van der Waals surface area (Å²) in [6.07, 6.45) is 0. The Hall–Kier alpha value is -1.56. The second-order valence-electron chi connectivity index (χ2n) is 3.42. The summed E-state index contributed by atoms with van der Waals surface area (Å²) < 4.78 is 12.7. The number of thioether (sulfide) groups is 1. The third-order valence-corrected chi connectivity index (χ3v) is 3.27. The third-order valence-electron chi connectivity index (χ3n) is 2.07. The Morgan fingerprint density at radius 3 is 2.53 bits per heavy atom. The average molecular weight is 256 g/mol. The number of nitrogens with one attached hydrogen (secondary N) is 1.